The maximum atomic E-state index is 13.1. The van der Waals surface area contributed by atoms with E-state index in [4.69, 9.17) is 11.6 Å². The molecular formula is C26H29ClN4OS. The molecule has 1 fully saturated rings. The number of nitrogens with zero attached hydrogens (tertiary/aromatic N) is 4. The van der Waals surface area contributed by atoms with E-state index in [9.17, 15) is 4.79 Å². The van der Waals surface area contributed by atoms with E-state index < -0.39 is 0 Å². The molecule has 1 saturated heterocycles. The van der Waals surface area contributed by atoms with Crippen LogP contribution >= 0.6 is 23.4 Å². The summed E-state index contributed by atoms with van der Waals surface area (Å²) in [4.78, 5) is 25.9. The molecule has 33 heavy (non-hydrogen) atoms. The fourth-order valence-electron chi connectivity index (χ4n) is 4.09. The van der Waals surface area contributed by atoms with Gasteiger partial charge >= 0.3 is 0 Å². The number of anilines is 1. The molecule has 0 aliphatic carbocycles. The van der Waals surface area contributed by atoms with Gasteiger partial charge in [-0.05, 0) is 48.4 Å². The monoisotopic (exact) mass is 480 g/mol. The van der Waals surface area contributed by atoms with Crippen molar-refractivity contribution < 1.29 is 4.79 Å². The zero-order valence-electron chi connectivity index (χ0n) is 19.1. The first-order valence-electron chi connectivity index (χ1n) is 11.2. The van der Waals surface area contributed by atoms with Crippen molar-refractivity contribution in [3.63, 3.8) is 0 Å². The van der Waals surface area contributed by atoms with Gasteiger partial charge in [0.15, 0.2) is 5.16 Å². The first-order valence-corrected chi connectivity index (χ1v) is 12.6. The van der Waals surface area contributed by atoms with E-state index in [1.807, 2.05) is 48.2 Å². The van der Waals surface area contributed by atoms with Gasteiger partial charge in [-0.15, -0.1) is 0 Å². The minimum Gasteiger partial charge on any atom is -0.363 e. The van der Waals surface area contributed by atoms with E-state index in [1.165, 1.54) is 17.3 Å². The number of carbonyl (C=O) groups is 1. The van der Waals surface area contributed by atoms with Crippen molar-refractivity contribution in [2.24, 2.45) is 5.92 Å². The minimum absolute atomic E-state index is 0.119. The fourth-order valence-corrected chi connectivity index (χ4v) is 5.12. The lowest BCUT2D eigenvalue weighted by Crippen LogP contribution is -2.38. The van der Waals surface area contributed by atoms with Crippen LogP contribution in [0.3, 0.4) is 0 Å². The van der Waals surface area contributed by atoms with E-state index in [-0.39, 0.29) is 5.91 Å². The van der Waals surface area contributed by atoms with Crippen LogP contribution in [0.2, 0.25) is 5.15 Å². The number of aromatic nitrogens is 2. The molecule has 0 bridgehead atoms. The Balaban J connectivity index is 1.33. The molecule has 2 heterocycles. The predicted molar refractivity (Wildman–Crippen MR) is 136 cm³/mol. The summed E-state index contributed by atoms with van der Waals surface area (Å²) in [5.41, 5.74) is 3.20. The molecule has 2 aromatic carbocycles. The van der Waals surface area contributed by atoms with Gasteiger partial charge in [0.05, 0.1) is 0 Å². The van der Waals surface area contributed by atoms with Crippen LogP contribution in [0.5, 0.6) is 0 Å². The van der Waals surface area contributed by atoms with Crippen molar-refractivity contribution >= 4 is 35.1 Å². The molecule has 1 aliphatic rings. The number of likely N-dealkylation sites (tertiary alicyclic amines) is 1. The number of rotatable bonds is 7. The summed E-state index contributed by atoms with van der Waals surface area (Å²) in [7, 11) is 3.85. The molecule has 4 rings (SSSR count). The summed E-state index contributed by atoms with van der Waals surface area (Å²) < 4.78 is 0. The molecule has 1 amide bonds. The summed E-state index contributed by atoms with van der Waals surface area (Å²) >= 11 is 7.66. The van der Waals surface area contributed by atoms with Crippen molar-refractivity contribution in [2.75, 3.05) is 32.1 Å². The standard InChI is InChI=1S/C26H29ClN4OS/c1-30(2)24-17-23(27)28-26(29-24)33-18-21-9-6-10-22(16-21)25(32)31-13-11-20(12-14-31)15-19-7-4-3-5-8-19/h3-10,16-17,20H,11-15,18H2,1-2H3. The maximum absolute atomic E-state index is 13.1. The normalized spacial score (nSPS) is 14.3. The van der Waals surface area contributed by atoms with E-state index in [1.54, 1.807) is 6.07 Å². The van der Waals surface area contributed by atoms with E-state index in [2.05, 4.69) is 40.3 Å². The molecule has 0 unspecified atom stereocenters. The number of amides is 1. The third-order valence-electron chi connectivity index (χ3n) is 5.93. The van der Waals surface area contributed by atoms with Crippen LogP contribution in [-0.2, 0) is 12.2 Å². The van der Waals surface area contributed by atoms with Gasteiger partial charge < -0.3 is 9.80 Å². The number of benzene rings is 2. The second-order valence-electron chi connectivity index (χ2n) is 8.64. The molecule has 7 heteroatoms. The topological polar surface area (TPSA) is 49.3 Å². The first-order chi connectivity index (χ1) is 16.0. The van der Waals surface area contributed by atoms with Crippen LogP contribution in [-0.4, -0.2) is 48.0 Å². The Hall–Kier alpha value is -2.57. The van der Waals surface area contributed by atoms with Gasteiger partial charge in [-0.25, -0.2) is 9.97 Å². The smallest absolute Gasteiger partial charge is 0.253 e. The van der Waals surface area contributed by atoms with Crippen molar-refractivity contribution in [2.45, 2.75) is 30.2 Å². The SMILES string of the molecule is CN(C)c1cc(Cl)nc(SCc2cccc(C(=O)N3CCC(Cc4ccccc4)CC3)c2)n1. The van der Waals surface area contributed by atoms with Crippen molar-refractivity contribution in [3.8, 4) is 0 Å². The summed E-state index contributed by atoms with van der Waals surface area (Å²) in [5.74, 6) is 2.21. The number of halogens is 1. The Labute approximate surface area is 205 Å². The van der Waals surface area contributed by atoms with Gasteiger partial charge in [-0.3, -0.25) is 4.79 Å². The van der Waals surface area contributed by atoms with Gasteiger partial charge in [0, 0.05) is 44.6 Å². The second kappa shape index (κ2) is 11.0. The number of hydrogen-bond acceptors (Lipinski definition) is 5. The lowest BCUT2D eigenvalue weighted by Gasteiger charge is -2.32. The Morgan fingerprint density at radius 2 is 1.76 bits per heavy atom. The molecule has 0 atom stereocenters. The molecule has 172 valence electrons. The van der Waals surface area contributed by atoms with Crippen molar-refractivity contribution in [3.05, 3.63) is 82.5 Å². The second-order valence-corrected chi connectivity index (χ2v) is 9.97. The summed E-state index contributed by atoms with van der Waals surface area (Å²) in [6, 6.07) is 20.3. The van der Waals surface area contributed by atoms with Crippen LogP contribution in [0.1, 0.15) is 34.3 Å². The molecule has 0 spiro atoms. The Kier molecular flexibility index (Phi) is 7.89. The Bertz CT molecular complexity index is 1080. The predicted octanol–water partition coefficient (Wildman–Crippen LogP) is 5.58. The number of carbonyl (C=O) groups excluding carboxylic acids is 1. The van der Waals surface area contributed by atoms with Crippen LogP contribution in [0.4, 0.5) is 5.82 Å². The van der Waals surface area contributed by atoms with Crippen LogP contribution in [0.25, 0.3) is 0 Å². The highest BCUT2D eigenvalue weighted by Gasteiger charge is 2.24. The van der Waals surface area contributed by atoms with Gasteiger partial charge in [0.1, 0.15) is 11.0 Å². The molecule has 0 N–H and O–H groups in total. The third kappa shape index (κ3) is 6.49. The first kappa shape index (κ1) is 23.6. The highest BCUT2D eigenvalue weighted by Crippen LogP contribution is 2.26. The van der Waals surface area contributed by atoms with E-state index in [0.29, 0.717) is 22.0 Å². The molecule has 3 aromatic rings. The molecule has 1 aliphatic heterocycles. The zero-order chi connectivity index (χ0) is 23.2. The average molecular weight is 481 g/mol. The van der Waals surface area contributed by atoms with Crippen molar-refractivity contribution in [1.82, 2.24) is 14.9 Å². The third-order valence-corrected chi connectivity index (χ3v) is 7.04. The lowest BCUT2D eigenvalue weighted by atomic mass is 9.90. The van der Waals surface area contributed by atoms with Gasteiger partial charge in [0.2, 0.25) is 0 Å². The Morgan fingerprint density at radius 1 is 1.03 bits per heavy atom. The number of hydrogen-bond donors (Lipinski definition) is 0. The molecular weight excluding hydrogens is 452 g/mol. The summed E-state index contributed by atoms with van der Waals surface area (Å²) in [6.45, 7) is 1.64. The summed E-state index contributed by atoms with van der Waals surface area (Å²) in [5, 5.41) is 1.05. The minimum atomic E-state index is 0.119. The Morgan fingerprint density at radius 3 is 2.48 bits per heavy atom. The van der Waals surface area contributed by atoms with E-state index in [0.717, 1.165) is 49.3 Å². The molecule has 0 saturated carbocycles. The van der Waals surface area contributed by atoms with Gasteiger partial charge in [-0.2, -0.15) is 0 Å². The van der Waals surface area contributed by atoms with Crippen molar-refractivity contribution in [1.29, 1.82) is 0 Å². The van der Waals surface area contributed by atoms with E-state index >= 15 is 0 Å². The van der Waals surface area contributed by atoms with Crippen LogP contribution in [0.15, 0.2) is 65.8 Å². The highest BCUT2D eigenvalue weighted by atomic mass is 35.5. The fraction of sp³-hybridized carbons (Fsp3) is 0.346. The van der Waals surface area contributed by atoms with Crippen LogP contribution < -0.4 is 4.90 Å². The van der Waals surface area contributed by atoms with Crippen LogP contribution in [0, 0.1) is 5.92 Å². The molecule has 1 aromatic heterocycles. The van der Waals surface area contributed by atoms with Gasteiger partial charge in [-0.1, -0.05) is 65.8 Å². The average Bonchev–Trinajstić information content (AvgIpc) is 2.83. The number of thioether (sulfide) groups is 1. The van der Waals surface area contributed by atoms with Gasteiger partial charge in [0.25, 0.3) is 5.91 Å². The largest absolute Gasteiger partial charge is 0.363 e. The summed E-state index contributed by atoms with van der Waals surface area (Å²) in [6.07, 6.45) is 3.20. The number of piperidine rings is 1. The highest BCUT2D eigenvalue weighted by molar-refractivity contribution is 7.98. The zero-order valence-corrected chi connectivity index (χ0v) is 20.6. The quantitative estimate of drug-likeness (QED) is 0.251. The maximum Gasteiger partial charge on any atom is 0.253 e. The molecule has 5 nitrogen and oxygen atoms in total. The molecule has 0 radical (unpaired) electrons. The lowest BCUT2D eigenvalue weighted by molar-refractivity contribution is 0.0690.